The van der Waals surface area contributed by atoms with Crippen LogP contribution in [0, 0.1) is 11.3 Å². The molecule has 1 aliphatic rings. The topological polar surface area (TPSA) is 36.3 Å². The van der Waals surface area contributed by atoms with E-state index in [4.69, 9.17) is 10.00 Å². The Labute approximate surface area is 96.0 Å². The molecule has 0 aliphatic carbocycles. The lowest BCUT2D eigenvalue weighted by atomic mass is 10.0. The first-order chi connectivity index (χ1) is 7.91. The van der Waals surface area contributed by atoms with E-state index in [1.165, 1.54) is 0 Å². The molecule has 0 fully saturated rings. The zero-order chi connectivity index (χ0) is 12.6. The van der Waals surface area contributed by atoms with Crippen molar-refractivity contribution in [3.05, 3.63) is 28.8 Å². The van der Waals surface area contributed by atoms with Crippen LogP contribution in [0.5, 0.6) is 5.75 Å². The van der Waals surface area contributed by atoms with Crippen molar-refractivity contribution in [3.8, 4) is 11.8 Å². The molecule has 0 N–H and O–H groups in total. The van der Waals surface area contributed by atoms with Crippen LogP contribution in [-0.4, -0.2) is 18.7 Å². The molecule has 90 valence electrons. The Bertz CT molecular complexity index is 491. The van der Waals surface area contributed by atoms with Gasteiger partial charge in [-0.05, 0) is 19.2 Å². The highest BCUT2D eigenvalue weighted by Gasteiger charge is 2.33. The van der Waals surface area contributed by atoms with Crippen molar-refractivity contribution in [2.24, 2.45) is 0 Å². The van der Waals surface area contributed by atoms with Crippen LogP contribution in [0.15, 0.2) is 12.1 Å². The Morgan fingerprint density at radius 1 is 1.41 bits per heavy atom. The third kappa shape index (κ3) is 2.19. The Balaban J connectivity index is 2.56. The minimum absolute atomic E-state index is 0.0667. The number of rotatable bonds is 0. The van der Waals surface area contributed by atoms with E-state index < -0.39 is 11.7 Å². The molecule has 0 spiro atoms. The monoisotopic (exact) mass is 242 g/mol. The van der Waals surface area contributed by atoms with Gasteiger partial charge in [0.2, 0.25) is 0 Å². The summed E-state index contributed by atoms with van der Waals surface area (Å²) in [7, 11) is 1.73. The number of ether oxygens (including phenoxy) is 1. The largest absolute Gasteiger partial charge is 0.476 e. The normalized spacial score (nSPS) is 15.9. The summed E-state index contributed by atoms with van der Waals surface area (Å²) in [6, 6.07) is 3.60. The zero-order valence-electron chi connectivity index (χ0n) is 9.01. The van der Waals surface area contributed by atoms with E-state index in [1.807, 2.05) is 0 Å². The van der Waals surface area contributed by atoms with Crippen molar-refractivity contribution in [1.29, 1.82) is 5.26 Å². The second kappa shape index (κ2) is 3.93. The van der Waals surface area contributed by atoms with Gasteiger partial charge in [-0.1, -0.05) is 0 Å². The Kier molecular flexibility index (Phi) is 2.71. The zero-order valence-corrected chi connectivity index (χ0v) is 9.01. The van der Waals surface area contributed by atoms with Crippen LogP contribution in [0.4, 0.5) is 13.2 Å². The highest BCUT2D eigenvalue weighted by molar-refractivity contribution is 5.52. The second-order valence-electron chi connectivity index (χ2n) is 3.91. The van der Waals surface area contributed by atoms with Crippen LogP contribution in [0.1, 0.15) is 16.7 Å². The number of fused-ring (bicyclic) bond motifs is 1. The quantitative estimate of drug-likeness (QED) is 0.700. The SMILES string of the molecule is CN1COc2c(C#N)cc(C(F)(F)F)cc2C1. The molecule has 1 aromatic rings. The van der Waals surface area contributed by atoms with Gasteiger partial charge in [-0.3, -0.25) is 4.90 Å². The molecule has 6 heteroatoms. The standard InChI is InChI=1S/C11H9F3N2O/c1-16-5-8-3-9(11(12,13)14)2-7(4-15)10(8)17-6-16/h2-3H,5-6H2,1H3. The second-order valence-corrected chi connectivity index (χ2v) is 3.91. The molecule has 0 bridgehead atoms. The van der Waals surface area contributed by atoms with Crippen LogP contribution in [0.2, 0.25) is 0 Å². The fraction of sp³-hybridized carbons (Fsp3) is 0.364. The van der Waals surface area contributed by atoms with E-state index in [0.717, 1.165) is 12.1 Å². The van der Waals surface area contributed by atoms with E-state index in [2.05, 4.69) is 0 Å². The number of benzene rings is 1. The minimum Gasteiger partial charge on any atom is -0.476 e. The van der Waals surface area contributed by atoms with Crippen LogP contribution in [-0.2, 0) is 12.7 Å². The van der Waals surface area contributed by atoms with E-state index in [9.17, 15) is 13.2 Å². The predicted octanol–water partition coefficient (Wildman–Crippen LogP) is 2.36. The molecule has 0 radical (unpaired) electrons. The number of alkyl halides is 3. The minimum atomic E-state index is -4.45. The van der Waals surface area contributed by atoms with Gasteiger partial charge < -0.3 is 4.74 Å². The summed E-state index contributed by atoms with van der Waals surface area (Å²) in [6.45, 7) is 0.612. The lowest BCUT2D eigenvalue weighted by molar-refractivity contribution is -0.137. The molecule has 0 atom stereocenters. The van der Waals surface area contributed by atoms with E-state index in [0.29, 0.717) is 12.1 Å². The summed E-state index contributed by atoms with van der Waals surface area (Å²) in [5, 5.41) is 8.84. The smallest absolute Gasteiger partial charge is 0.416 e. The summed E-state index contributed by atoms with van der Waals surface area (Å²) in [5.74, 6) is 0.263. The van der Waals surface area contributed by atoms with Gasteiger partial charge in [0.25, 0.3) is 0 Å². The van der Waals surface area contributed by atoms with Crippen molar-refractivity contribution < 1.29 is 17.9 Å². The van der Waals surface area contributed by atoms with Crippen molar-refractivity contribution >= 4 is 0 Å². The van der Waals surface area contributed by atoms with Crippen LogP contribution in [0.3, 0.4) is 0 Å². The Hall–Kier alpha value is -1.74. The van der Waals surface area contributed by atoms with Crippen molar-refractivity contribution in [2.45, 2.75) is 12.7 Å². The van der Waals surface area contributed by atoms with Gasteiger partial charge in [-0.15, -0.1) is 0 Å². The molecule has 1 aliphatic heterocycles. The maximum atomic E-state index is 12.6. The highest BCUT2D eigenvalue weighted by Crippen LogP contribution is 2.36. The van der Waals surface area contributed by atoms with Gasteiger partial charge >= 0.3 is 6.18 Å². The van der Waals surface area contributed by atoms with Gasteiger partial charge in [0.05, 0.1) is 11.1 Å². The van der Waals surface area contributed by atoms with Gasteiger partial charge in [-0.2, -0.15) is 18.4 Å². The van der Waals surface area contributed by atoms with Crippen molar-refractivity contribution in [1.82, 2.24) is 4.90 Å². The van der Waals surface area contributed by atoms with E-state index >= 15 is 0 Å². The van der Waals surface area contributed by atoms with Crippen LogP contribution >= 0.6 is 0 Å². The Morgan fingerprint density at radius 3 is 2.71 bits per heavy atom. The molecule has 1 heterocycles. The predicted molar refractivity (Wildman–Crippen MR) is 53.1 cm³/mol. The molecule has 17 heavy (non-hydrogen) atoms. The number of hydrogen-bond donors (Lipinski definition) is 0. The summed E-state index contributed by atoms with van der Waals surface area (Å²) < 4.78 is 43.1. The van der Waals surface area contributed by atoms with Crippen molar-refractivity contribution in [3.63, 3.8) is 0 Å². The average molecular weight is 242 g/mol. The first-order valence-electron chi connectivity index (χ1n) is 4.87. The molecule has 2 rings (SSSR count). The summed E-state index contributed by atoms with van der Waals surface area (Å²) in [4.78, 5) is 1.73. The first kappa shape index (κ1) is 11.7. The maximum absolute atomic E-state index is 12.6. The van der Waals surface area contributed by atoms with Gasteiger partial charge in [0.1, 0.15) is 18.5 Å². The fourth-order valence-corrected chi connectivity index (χ4v) is 1.73. The molecular formula is C11H9F3N2O. The average Bonchev–Trinajstić information content (AvgIpc) is 2.25. The molecule has 0 amide bonds. The molecule has 3 nitrogen and oxygen atoms in total. The van der Waals surface area contributed by atoms with Gasteiger partial charge in [0.15, 0.2) is 0 Å². The third-order valence-corrected chi connectivity index (χ3v) is 2.48. The van der Waals surface area contributed by atoms with E-state index in [1.54, 1.807) is 18.0 Å². The van der Waals surface area contributed by atoms with E-state index in [-0.39, 0.29) is 18.0 Å². The summed E-state index contributed by atoms with van der Waals surface area (Å²) >= 11 is 0. The number of hydrogen-bond acceptors (Lipinski definition) is 3. The molecule has 0 saturated carbocycles. The lowest BCUT2D eigenvalue weighted by Crippen LogP contribution is -2.29. The van der Waals surface area contributed by atoms with Crippen LogP contribution in [0.25, 0.3) is 0 Å². The fourth-order valence-electron chi connectivity index (χ4n) is 1.73. The molecule has 1 aromatic carbocycles. The van der Waals surface area contributed by atoms with Gasteiger partial charge in [0, 0.05) is 12.1 Å². The summed E-state index contributed by atoms with van der Waals surface area (Å²) in [5.41, 5.74) is -0.486. The van der Waals surface area contributed by atoms with Crippen LogP contribution < -0.4 is 4.74 Å². The number of nitrogens with zero attached hydrogens (tertiary/aromatic N) is 2. The number of nitriles is 1. The highest BCUT2D eigenvalue weighted by atomic mass is 19.4. The molecule has 0 saturated heterocycles. The van der Waals surface area contributed by atoms with Gasteiger partial charge in [-0.25, -0.2) is 0 Å². The lowest BCUT2D eigenvalue weighted by Gasteiger charge is -2.26. The van der Waals surface area contributed by atoms with Crippen molar-refractivity contribution in [2.75, 3.05) is 13.8 Å². The maximum Gasteiger partial charge on any atom is 0.416 e. The first-order valence-corrected chi connectivity index (χ1v) is 4.87. The summed E-state index contributed by atoms with van der Waals surface area (Å²) in [6.07, 6.45) is -4.45. The Morgan fingerprint density at radius 2 is 2.12 bits per heavy atom. The molecular weight excluding hydrogens is 233 g/mol. The molecule has 0 unspecified atom stereocenters. The molecule has 0 aromatic heterocycles. The third-order valence-electron chi connectivity index (χ3n) is 2.48. The number of halogens is 3.